The Morgan fingerprint density at radius 2 is 1.58 bits per heavy atom. The second-order valence-corrected chi connectivity index (χ2v) is 5.92. The summed E-state index contributed by atoms with van der Waals surface area (Å²) < 4.78 is 39.5. The van der Waals surface area contributed by atoms with E-state index in [1.807, 2.05) is 30.3 Å². The van der Waals surface area contributed by atoms with Crippen LogP contribution in [0.2, 0.25) is 0 Å². The summed E-state index contributed by atoms with van der Waals surface area (Å²) >= 11 is 0. The molecule has 100 valence electrons. The standard InChI is InChI=1S/C14H14FNO2S/c1-11(12-5-3-2-4-6-12)16-19(17,18)14-9-7-13(15)8-10-14/h2-11,16H,1H3/t11-/m1/s1. The minimum atomic E-state index is -3.64. The lowest BCUT2D eigenvalue weighted by Gasteiger charge is -2.14. The first-order chi connectivity index (χ1) is 8.99. The van der Waals surface area contributed by atoms with Gasteiger partial charge in [0.2, 0.25) is 10.0 Å². The lowest BCUT2D eigenvalue weighted by atomic mass is 10.1. The summed E-state index contributed by atoms with van der Waals surface area (Å²) in [6, 6.07) is 13.6. The SMILES string of the molecule is C[C@@H](NS(=O)(=O)c1ccc(F)cc1)c1ccccc1. The third-order valence-electron chi connectivity index (χ3n) is 2.76. The number of hydrogen-bond acceptors (Lipinski definition) is 2. The molecule has 2 aromatic rings. The molecule has 1 atom stereocenters. The lowest BCUT2D eigenvalue weighted by Crippen LogP contribution is -2.26. The van der Waals surface area contributed by atoms with Gasteiger partial charge in [-0.2, -0.15) is 0 Å². The molecule has 0 spiro atoms. The Morgan fingerprint density at radius 1 is 1.00 bits per heavy atom. The van der Waals surface area contributed by atoms with E-state index in [-0.39, 0.29) is 10.9 Å². The normalized spacial score (nSPS) is 13.2. The van der Waals surface area contributed by atoms with Crippen molar-refractivity contribution in [1.82, 2.24) is 4.72 Å². The molecule has 0 radical (unpaired) electrons. The Morgan fingerprint density at radius 3 is 2.16 bits per heavy atom. The van der Waals surface area contributed by atoms with Crippen LogP contribution in [0.25, 0.3) is 0 Å². The quantitative estimate of drug-likeness (QED) is 0.935. The lowest BCUT2D eigenvalue weighted by molar-refractivity contribution is 0.566. The molecule has 0 bridgehead atoms. The fraction of sp³-hybridized carbons (Fsp3) is 0.143. The van der Waals surface area contributed by atoms with E-state index in [1.165, 1.54) is 12.1 Å². The van der Waals surface area contributed by atoms with Crippen molar-refractivity contribution in [3.63, 3.8) is 0 Å². The fourth-order valence-corrected chi connectivity index (χ4v) is 2.96. The van der Waals surface area contributed by atoms with Crippen molar-refractivity contribution in [3.8, 4) is 0 Å². The zero-order chi connectivity index (χ0) is 13.9. The van der Waals surface area contributed by atoms with Crippen LogP contribution in [0.15, 0.2) is 59.5 Å². The van der Waals surface area contributed by atoms with Crippen molar-refractivity contribution in [2.45, 2.75) is 17.9 Å². The maximum absolute atomic E-state index is 12.8. The molecular weight excluding hydrogens is 265 g/mol. The summed E-state index contributed by atoms with van der Waals surface area (Å²) in [5.74, 6) is -0.463. The molecule has 0 unspecified atom stereocenters. The van der Waals surface area contributed by atoms with Gasteiger partial charge >= 0.3 is 0 Å². The van der Waals surface area contributed by atoms with Crippen molar-refractivity contribution in [3.05, 3.63) is 66.0 Å². The van der Waals surface area contributed by atoms with Crippen LogP contribution in [0.3, 0.4) is 0 Å². The molecule has 5 heteroatoms. The maximum Gasteiger partial charge on any atom is 0.241 e. The predicted octanol–water partition coefficient (Wildman–Crippen LogP) is 2.87. The Kier molecular flexibility index (Phi) is 3.97. The number of rotatable bonds is 4. The van der Waals surface area contributed by atoms with E-state index in [0.29, 0.717) is 0 Å². The largest absolute Gasteiger partial charge is 0.241 e. The van der Waals surface area contributed by atoms with E-state index < -0.39 is 15.8 Å². The smallest absolute Gasteiger partial charge is 0.207 e. The van der Waals surface area contributed by atoms with Gasteiger partial charge in [0.25, 0.3) is 0 Å². The third-order valence-corrected chi connectivity index (χ3v) is 4.31. The molecule has 2 rings (SSSR count). The topological polar surface area (TPSA) is 46.2 Å². The highest BCUT2D eigenvalue weighted by Gasteiger charge is 2.18. The number of benzene rings is 2. The van der Waals surface area contributed by atoms with Crippen LogP contribution in [0.5, 0.6) is 0 Å². The van der Waals surface area contributed by atoms with Gasteiger partial charge in [-0.15, -0.1) is 0 Å². The molecular formula is C14H14FNO2S. The van der Waals surface area contributed by atoms with Gasteiger partial charge in [-0.3, -0.25) is 0 Å². The number of halogens is 1. The second kappa shape index (κ2) is 5.50. The highest BCUT2D eigenvalue weighted by Crippen LogP contribution is 2.16. The molecule has 0 saturated heterocycles. The Bertz CT molecular complexity index is 639. The molecule has 3 nitrogen and oxygen atoms in total. The summed E-state index contributed by atoms with van der Waals surface area (Å²) in [5, 5.41) is 0. The minimum Gasteiger partial charge on any atom is -0.207 e. The second-order valence-electron chi connectivity index (χ2n) is 4.21. The van der Waals surface area contributed by atoms with Crippen molar-refractivity contribution >= 4 is 10.0 Å². The monoisotopic (exact) mass is 279 g/mol. The van der Waals surface area contributed by atoms with E-state index in [1.54, 1.807) is 6.92 Å². The van der Waals surface area contributed by atoms with Crippen molar-refractivity contribution < 1.29 is 12.8 Å². The average molecular weight is 279 g/mol. The van der Waals surface area contributed by atoms with Gasteiger partial charge in [0.05, 0.1) is 4.90 Å². The van der Waals surface area contributed by atoms with Gasteiger partial charge in [-0.05, 0) is 36.8 Å². The summed E-state index contributed by atoms with van der Waals surface area (Å²) in [4.78, 5) is 0.0525. The van der Waals surface area contributed by atoms with Crippen LogP contribution in [0.4, 0.5) is 4.39 Å². The number of sulfonamides is 1. The zero-order valence-corrected chi connectivity index (χ0v) is 11.2. The molecule has 2 aromatic carbocycles. The molecule has 1 N–H and O–H groups in total. The van der Waals surface area contributed by atoms with Crippen molar-refractivity contribution in [2.75, 3.05) is 0 Å². The van der Waals surface area contributed by atoms with Crippen LogP contribution >= 0.6 is 0 Å². The van der Waals surface area contributed by atoms with Crippen LogP contribution in [0.1, 0.15) is 18.5 Å². The third kappa shape index (κ3) is 3.39. The van der Waals surface area contributed by atoms with Crippen LogP contribution in [-0.2, 0) is 10.0 Å². The van der Waals surface area contributed by atoms with E-state index in [0.717, 1.165) is 17.7 Å². The van der Waals surface area contributed by atoms with Crippen LogP contribution < -0.4 is 4.72 Å². The van der Waals surface area contributed by atoms with Gasteiger partial charge in [-0.1, -0.05) is 30.3 Å². The van der Waals surface area contributed by atoms with Gasteiger partial charge < -0.3 is 0 Å². The first kappa shape index (κ1) is 13.7. The highest BCUT2D eigenvalue weighted by atomic mass is 32.2. The molecule has 0 aliphatic carbocycles. The molecule has 0 aromatic heterocycles. The van der Waals surface area contributed by atoms with E-state index in [2.05, 4.69) is 4.72 Å². The minimum absolute atomic E-state index is 0.0525. The average Bonchev–Trinajstić information content (AvgIpc) is 2.40. The molecule has 0 saturated carbocycles. The Hall–Kier alpha value is -1.72. The first-order valence-electron chi connectivity index (χ1n) is 5.82. The first-order valence-corrected chi connectivity index (χ1v) is 7.30. The molecule has 0 heterocycles. The van der Waals surface area contributed by atoms with Gasteiger partial charge in [0.15, 0.2) is 0 Å². The molecule has 0 fully saturated rings. The molecule has 0 amide bonds. The van der Waals surface area contributed by atoms with E-state index >= 15 is 0 Å². The van der Waals surface area contributed by atoms with Gasteiger partial charge in [0.1, 0.15) is 5.82 Å². The Labute approximate surface area is 112 Å². The van der Waals surface area contributed by atoms with Crippen LogP contribution in [0, 0.1) is 5.82 Å². The summed E-state index contributed by atoms with van der Waals surface area (Å²) in [7, 11) is -3.64. The summed E-state index contributed by atoms with van der Waals surface area (Å²) in [5.41, 5.74) is 0.869. The molecule has 0 aliphatic heterocycles. The fourth-order valence-electron chi connectivity index (χ4n) is 1.72. The molecule has 0 aliphatic rings. The molecule has 19 heavy (non-hydrogen) atoms. The highest BCUT2D eigenvalue weighted by molar-refractivity contribution is 7.89. The summed E-state index contributed by atoms with van der Waals surface area (Å²) in [6.07, 6.45) is 0. The van der Waals surface area contributed by atoms with Crippen molar-refractivity contribution in [1.29, 1.82) is 0 Å². The van der Waals surface area contributed by atoms with Gasteiger partial charge in [0, 0.05) is 6.04 Å². The van der Waals surface area contributed by atoms with Crippen molar-refractivity contribution in [2.24, 2.45) is 0 Å². The van der Waals surface area contributed by atoms with E-state index in [9.17, 15) is 12.8 Å². The predicted molar refractivity (Wildman–Crippen MR) is 71.6 cm³/mol. The zero-order valence-electron chi connectivity index (χ0n) is 10.4. The maximum atomic E-state index is 12.8. The van der Waals surface area contributed by atoms with Crippen LogP contribution in [-0.4, -0.2) is 8.42 Å². The number of nitrogens with one attached hydrogen (secondary N) is 1. The van der Waals surface area contributed by atoms with Gasteiger partial charge in [-0.25, -0.2) is 17.5 Å². The number of hydrogen-bond donors (Lipinski definition) is 1. The Balaban J connectivity index is 2.20. The summed E-state index contributed by atoms with van der Waals surface area (Å²) in [6.45, 7) is 1.76. The van der Waals surface area contributed by atoms with E-state index in [4.69, 9.17) is 0 Å².